The van der Waals surface area contributed by atoms with E-state index in [2.05, 4.69) is 15.4 Å². The van der Waals surface area contributed by atoms with Crippen LogP contribution in [0.15, 0.2) is 43.0 Å². The van der Waals surface area contributed by atoms with Crippen molar-refractivity contribution in [3.63, 3.8) is 0 Å². The number of aromatic nitrogens is 3. The summed E-state index contributed by atoms with van der Waals surface area (Å²) in [5.74, 6) is -0.235. The first-order chi connectivity index (χ1) is 9.66. The Morgan fingerprint density at radius 2 is 2.20 bits per heavy atom. The first kappa shape index (κ1) is 12.2. The van der Waals surface area contributed by atoms with Crippen molar-refractivity contribution in [3.05, 3.63) is 54.1 Å². The molecule has 0 aliphatic carbocycles. The maximum absolute atomic E-state index is 12.3. The molecule has 1 amide bonds. The number of carbonyl (C=O) groups excluding carboxylic acids is 1. The maximum Gasteiger partial charge on any atom is 0.259 e. The molecule has 0 bridgehead atoms. The van der Waals surface area contributed by atoms with Crippen LogP contribution < -0.4 is 11.1 Å². The van der Waals surface area contributed by atoms with Gasteiger partial charge in [-0.1, -0.05) is 6.07 Å². The highest BCUT2D eigenvalue weighted by Gasteiger charge is 2.14. The van der Waals surface area contributed by atoms with Gasteiger partial charge in [-0.3, -0.25) is 9.78 Å². The van der Waals surface area contributed by atoms with E-state index in [-0.39, 0.29) is 5.91 Å². The van der Waals surface area contributed by atoms with Crippen LogP contribution >= 0.6 is 0 Å². The molecule has 3 N–H and O–H groups in total. The molecule has 0 aliphatic heterocycles. The van der Waals surface area contributed by atoms with E-state index in [1.54, 1.807) is 35.2 Å². The number of rotatable bonds is 2. The first-order valence-electron chi connectivity index (χ1n) is 6.10. The Morgan fingerprint density at radius 1 is 1.35 bits per heavy atom. The van der Waals surface area contributed by atoms with Crippen LogP contribution in [0.1, 0.15) is 15.9 Å². The van der Waals surface area contributed by atoms with E-state index < -0.39 is 0 Å². The molecule has 0 fully saturated rings. The van der Waals surface area contributed by atoms with Gasteiger partial charge in [0.2, 0.25) is 0 Å². The van der Waals surface area contributed by atoms with Crippen molar-refractivity contribution in [2.45, 2.75) is 6.92 Å². The molecule has 6 heteroatoms. The lowest BCUT2D eigenvalue weighted by molar-refractivity contribution is 0.102. The monoisotopic (exact) mass is 267 g/mol. The molecule has 0 radical (unpaired) electrons. The number of carbonyl (C=O) groups is 1. The third-order valence-corrected chi connectivity index (χ3v) is 3.19. The van der Waals surface area contributed by atoms with E-state index in [9.17, 15) is 4.79 Å². The zero-order valence-corrected chi connectivity index (χ0v) is 10.9. The molecule has 0 saturated heterocycles. The Balaban J connectivity index is 1.95. The average Bonchev–Trinajstić information content (AvgIpc) is 2.88. The smallest absolute Gasteiger partial charge is 0.259 e. The molecule has 0 aliphatic rings. The van der Waals surface area contributed by atoms with Crippen molar-refractivity contribution < 1.29 is 4.79 Å². The van der Waals surface area contributed by atoms with Gasteiger partial charge in [-0.05, 0) is 24.6 Å². The molecule has 3 aromatic rings. The number of nitrogen functional groups attached to an aromatic ring is 1. The molecule has 0 saturated carbocycles. The molecule has 2 aromatic heterocycles. The number of nitrogens with zero attached hydrogens (tertiary/aromatic N) is 3. The topological polar surface area (TPSA) is 85.3 Å². The molecule has 2 heterocycles. The van der Waals surface area contributed by atoms with E-state index in [1.165, 1.54) is 6.20 Å². The van der Waals surface area contributed by atoms with Gasteiger partial charge in [0.25, 0.3) is 5.91 Å². The number of hydrogen-bond acceptors (Lipinski definition) is 4. The number of hydrogen-bond donors (Lipinski definition) is 2. The Labute approximate surface area is 115 Å². The summed E-state index contributed by atoms with van der Waals surface area (Å²) in [6, 6.07) is 5.41. The molecular formula is C14H13N5O. The third-order valence-electron chi connectivity index (χ3n) is 3.19. The Morgan fingerprint density at radius 3 is 3.05 bits per heavy atom. The third kappa shape index (κ3) is 1.97. The van der Waals surface area contributed by atoms with Crippen molar-refractivity contribution in [3.8, 4) is 0 Å². The second kappa shape index (κ2) is 4.65. The molecule has 6 nitrogen and oxygen atoms in total. The summed E-state index contributed by atoms with van der Waals surface area (Å²) in [6.45, 7) is 1.86. The second-order valence-electron chi connectivity index (χ2n) is 4.44. The standard InChI is InChI=1S/C14H13N5O/c1-9-11(15)3-2-4-12(9)18-14(20)10-7-17-19-6-5-16-8-13(10)19/h2-8H,15H2,1H3,(H,18,20). The predicted molar refractivity (Wildman–Crippen MR) is 76.5 cm³/mol. The number of amides is 1. The van der Waals surface area contributed by atoms with Gasteiger partial charge in [-0.15, -0.1) is 0 Å². The average molecular weight is 267 g/mol. The highest BCUT2D eigenvalue weighted by atomic mass is 16.1. The zero-order valence-electron chi connectivity index (χ0n) is 10.9. The summed E-state index contributed by atoms with van der Waals surface area (Å²) in [7, 11) is 0. The largest absolute Gasteiger partial charge is 0.398 e. The number of fused-ring (bicyclic) bond motifs is 1. The summed E-state index contributed by atoms with van der Waals surface area (Å²) in [6.07, 6.45) is 6.43. The van der Waals surface area contributed by atoms with Gasteiger partial charge in [0.1, 0.15) is 0 Å². The lowest BCUT2D eigenvalue weighted by Gasteiger charge is -2.09. The fourth-order valence-electron chi connectivity index (χ4n) is 1.99. The van der Waals surface area contributed by atoms with Crippen LogP contribution in [-0.2, 0) is 0 Å². The van der Waals surface area contributed by atoms with Crippen molar-refractivity contribution in [2.24, 2.45) is 0 Å². The molecular weight excluding hydrogens is 254 g/mol. The Hall–Kier alpha value is -2.89. The first-order valence-corrected chi connectivity index (χ1v) is 6.10. The van der Waals surface area contributed by atoms with Gasteiger partial charge in [0.15, 0.2) is 0 Å². The molecule has 0 spiro atoms. The maximum atomic E-state index is 12.3. The van der Waals surface area contributed by atoms with Gasteiger partial charge in [-0.2, -0.15) is 5.10 Å². The van der Waals surface area contributed by atoms with Crippen LogP contribution in [0.5, 0.6) is 0 Å². The molecule has 100 valence electrons. The summed E-state index contributed by atoms with van der Waals surface area (Å²) >= 11 is 0. The highest BCUT2D eigenvalue weighted by molar-refractivity contribution is 6.09. The van der Waals surface area contributed by atoms with Gasteiger partial charge < -0.3 is 11.1 Å². The lowest BCUT2D eigenvalue weighted by atomic mass is 10.1. The van der Waals surface area contributed by atoms with E-state index in [1.807, 2.05) is 13.0 Å². The van der Waals surface area contributed by atoms with Crippen LogP contribution in [0.3, 0.4) is 0 Å². The molecule has 1 aromatic carbocycles. The zero-order chi connectivity index (χ0) is 14.1. The lowest BCUT2D eigenvalue weighted by Crippen LogP contribution is -2.13. The molecule has 0 atom stereocenters. The normalized spacial score (nSPS) is 10.7. The van der Waals surface area contributed by atoms with Crippen molar-refractivity contribution in [1.82, 2.24) is 14.6 Å². The van der Waals surface area contributed by atoms with Crippen LogP contribution in [0.2, 0.25) is 0 Å². The Kier molecular flexibility index (Phi) is 2.83. The van der Waals surface area contributed by atoms with Crippen LogP contribution in [0, 0.1) is 6.92 Å². The van der Waals surface area contributed by atoms with Crippen LogP contribution in [0.25, 0.3) is 5.52 Å². The summed E-state index contributed by atoms with van der Waals surface area (Å²) < 4.78 is 1.61. The van der Waals surface area contributed by atoms with Gasteiger partial charge in [-0.25, -0.2) is 4.52 Å². The van der Waals surface area contributed by atoms with Crippen molar-refractivity contribution in [1.29, 1.82) is 0 Å². The summed E-state index contributed by atoms with van der Waals surface area (Å²) in [5, 5.41) is 6.96. The van der Waals surface area contributed by atoms with Crippen molar-refractivity contribution >= 4 is 22.8 Å². The van der Waals surface area contributed by atoms with Gasteiger partial charge in [0, 0.05) is 23.8 Å². The number of anilines is 2. The van der Waals surface area contributed by atoms with Gasteiger partial charge >= 0.3 is 0 Å². The number of nitrogens with two attached hydrogens (primary N) is 1. The molecule has 20 heavy (non-hydrogen) atoms. The molecule has 3 rings (SSSR count). The van der Waals surface area contributed by atoms with Crippen LogP contribution in [0.4, 0.5) is 11.4 Å². The van der Waals surface area contributed by atoms with Gasteiger partial charge in [0.05, 0.1) is 23.5 Å². The number of benzene rings is 1. The quantitative estimate of drug-likeness (QED) is 0.694. The summed E-state index contributed by atoms with van der Waals surface area (Å²) in [5.41, 5.74) is 9.14. The minimum atomic E-state index is -0.235. The van der Waals surface area contributed by atoms with Crippen LogP contribution in [-0.4, -0.2) is 20.5 Å². The van der Waals surface area contributed by atoms with E-state index >= 15 is 0 Å². The minimum absolute atomic E-state index is 0.235. The fourth-order valence-corrected chi connectivity index (χ4v) is 1.99. The van der Waals surface area contributed by atoms with Crippen molar-refractivity contribution in [2.75, 3.05) is 11.1 Å². The van der Waals surface area contributed by atoms with E-state index in [4.69, 9.17) is 5.73 Å². The molecule has 0 unspecified atom stereocenters. The minimum Gasteiger partial charge on any atom is -0.398 e. The summed E-state index contributed by atoms with van der Waals surface area (Å²) in [4.78, 5) is 16.3. The van der Waals surface area contributed by atoms with E-state index in [0.717, 1.165) is 5.56 Å². The Bertz CT molecular complexity index is 793. The number of nitrogens with one attached hydrogen (secondary N) is 1. The SMILES string of the molecule is Cc1c(N)cccc1NC(=O)c1cnn2ccncc12. The fraction of sp³-hybridized carbons (Fsp3) is 0.0714. The predicted octanol–water partition coefficient (Wildman–Crippen LogP) is 1.87. The second-order valence-corrected chi connectivity index (χ2v) is 4.44. The highest BCUT2D eigenvalue weighted by Crippen LogP contribution is 2.21. The van der Waals surface area contributed by atoms with E-state index in [0.29, 0.717) is 22.5 Å².